The van der Waals surface area contributed by atoms with Crippen LogP contribution in [0.4, 0.5) is 0 Å². The molecular formula is C15H16ClNO2. The van der Waals surface area contributed by atoms with Gasteiger partial charge in [0.2, 0.25) is 5.88 Å². The van der Waals surface area contributed by atoms with Crippen molar-refractivity contribution in [3.63, 3.8) is 0 Å². The highest BCUT2D eigenvalue weighted by Gasteiger charge is 2.10. The molecule has 0 spiro atoms. The predicted molar refractivity (Wildman–Crippen MR) is 76.2 cm³/mol. The van der Waals surface area contributed by atoms with Crippen molar-refractivity contribution < 1.29 is 9.47 Å². The van der Waals surface area contributed by atoms with Crippen molar-refractivity contribution in [1.82, 2.24) is 4.98 Å². The van der Waals surface area contributed by atoms with Crippen LogP contribution in [0.25, 0.3) is 0 Å². The van der Waals surface area contributed by atoms with Crippen LogP contribution in [0.2, 0.25) is 0 Å². The predicted octanol–water partition coefficient (Wildman–Crippen LogP) is 4.18. The third-order valence-corrected chi connectivity index (χ3v) is 3.12. The Balaban J connectivity index is 2.32. The SMILES string of the molecule is CCc1ccc(Oc2ncccc2CCl)c(OC)c1. The average Bonchev–Trinajstić information content (AvgIpc) is 2.48. The molecule has 3 nitrogen and oxygen atoms in total. The minimum atomic E-state index is 0.360. The van der Waals surface area contributed by atoms with Crippen molar-refractivity contribution in [1.29, 1.82) is 0 Å². The van der Waals surface area contributed by atoms with E-state index in [2.05, 4.69) is 11.9 Å². The molecule has 4 heteroatoms. The number of aromatic nitrogens is 1. The molecule has 1 heterocycles. The van der Waals surface area contributed by atoms with Gasteiger partial charge in [0, 0.05) is 11.8 Å². The van der Waals surface area contributed by atoms with Gasteiger partial charge in [0.05, 0.1) is 13.0 Å². The molecule has 0 aliphatic heterocycles. The van der Waals surface area contributed by atoms with Crippen LogP contribution in [0.3, 0.4) is 0 Å². The lowest BCUT2D eigenvalue weighted by atomic mass is 10.1. The lowest BCUT2D eigenvalue weighted by molar-refractivity contribution is 0.372. The number of alkyl halides is 1. The van der Waals surface area contributed by atoms with E-state index in [1.165, 1.54) is 5.56 Å². The first-order valence-electron chi connectivity index (χ1n) is 6.13. The minimum Gasteiger partial charge on any atom is -0.493 e. The zero-order chi connectivity index (χ0) is 13.7. The van der Waals surface area contributed by atoms with Gasteiger partial charge in [-0.25, -0.2) is 4.98 Å². The van der Waals surface area contributed by atoms with Crippen molar-refractivity contribution >= 4 is 11.6 Å². The van der Waals surface area contributed by atoms with Gasteiger partial charge >= 0.3 is 0 Å². The lowest BCUT2D eigenvalue weighted by Gasteiger charge is -2.12. The van der Waals surface area contributed by atoms with Crippen molar-refractivity contribution in [3.05, 3.63) is 47.7 Å². The molecule has 0 bridgehead atoms. The summed E-state index contributed by atoms with van der Waals surface area (Å²) >= 11 is 5.87. The molecule has 0 radical (unpaired) electrons. The smallest absolute Gasteiger partial charge is 0.223 e. The standard InChI is InChI=1S/C15H16ClNO2/c1-3-11-6-7-13(14(9-11)18-2)19-15-12(10-16)5-4-8-17-15/h4-9H,3,10H2,1-2H3. The van der Waals surface area contributed by atoms with E-state index < -0.39 is 0 Å². The summed E-state index contributed by atoms with van der Waals surface area (Å²) in [5.74, 6) is 2.22. The highest BCUT2D eigenvalue weighted by atomic mass is 35.5. The largest absolute Gasteiger partial charge is 0.493 e. The summed E-state index contributed by atoms with van der Waals surface area (Å²) in [4.78, 5) is 4.20. The Morgan fingerprint density at radius 1 is 1.21 bits per heavy atom. The molecule has 0 unspecified atom stereocenters. The third kappa shape index (κ3) is 3.18. The molecule has 1 aromatic carbocycles. The van der Waals surface area contributed by atoms with E-state index in [1.54, 1.807) is 13.3 Å². The van der Waals surface area contributed by atoms with Crippen LogP contribution in [0, 0.1) is 0 Å². The molecule has 19 heavy (non-hydrogen) atoms. The van der Waals surface area contributed by atoms with Crippen molar-refractivity contribution in [3.8, 4) is 17.4 Å². The fourth-order valence-electron chi connectivity index (χ4n) is 1.74. The van der Waals surface area contributed by atoms with E-state index in [0.717, 1.165) is 12.0 Å². The fraction of sp³-hybridized carbons (Fsp3) is 0.267. The van der Waals surface area contributed by atoms with Gasteiger partial charge in [-0.15, -0.1) is 11.6 Å². The Hall–Kier alpha value is -1.74. The number of aryl methyl sites for hydroxylation is 1. The first-order chi connectivity index (χ1) is 9.28. The number of ether oxygens (including phenoxy) is 2. The van der Waals surface area contributed by atoms with E-state index in [1.807, 2.05) is 30.3 Å². The molecule has 0 aliphatic rings. The first-order valence-corrected chi connectivity index (χ1v) is 6.66. The number of methoxy groups -OCH3 is 1. The van der Waals surface area contributed by atoms with Gasteiger partial charge in [-0.3, -0.25) is 0 Å². The number of nitrogens with zero attached hydrogens (tertiary/aromatic N) is 1. The lowest BCUT2D eigenvalue weighted by Crippen LogP contribution is -1.96. The molecule has 2 rings (SSSR count). The maximum atomic E-state index is 5.87. The molecule has 100 valence electrons. The first kappa shape index (κ1) is 13.7. The zero-order valence-corrected chi connectivity index (χ0v) is 11.8. The highest BCUT2D eigenvalue weighted by Crippen LogP contribution is 2.33. The second-order valence-electron chi connectivity index (χ2n) is 4.04. The van der Waals surface area contributed by atoms with Crippen LogP contribution in [-0.2, 0) is 12.3 Å². The minimum absolute atomic E-state index is 0.360. The fourth-order valence-corrected chi connectivity index (χ4v) is 1.94. The van der Waals surface area contributed by atoms with Crippen LogP contribution >= 0.6 is 11.6 Å². The van der Waals surface area contributed by atoms with Gasteiger partial charge in [-0.1, -0.05) is 19.1 Å². The van der Waals surface area contributed by atoms with Gasteiger partial charge in [-0.05, 0) is 30.2 Å². The van der Waals surface area contributed by atoms with Crippen molar-refractivity contribution in [2.45, 2.75) is 19.2 Å². The summed E-state index contributed by atoms with van der Waals surface area (Å²) in [7, 11) is 1.63. The van der Waals surface area contributed by atoms with Crippen LogP contribution < -0.4 is 9.47 Å². The normalized spacial score (nSPS) is 10.3. The van der Waals surface area contributed by atoms with Gasteiger partial charge in [0.1, 0.15) is 0 Å². The highest BCUT2D eigenvalue weighted by molar-refractivity contribution is 6.17. The van der Waals surface area contributed by atoms with E-state index in [9.17, 15) is 0 Å². The quantitative estimate of drug-likeness (QED) is 0.768. The number of pyridine rings is 1. The second kappa shape index (κ2) is 6.43. The van der Waals surface area contributed by atoms with E-state index in [0.29, 0.717) is 23.3 Å². The van der Waals surface area contributed by atoms with Gasteiger partial charge in [0.15, 0.2) is 11.5 Å². The van der Waals surface area contributed by atoms with E-state index in [4.69, 9.17) is 21.1 Å². The Labute approximate surface area is 118 Å². The van der Waals surface area contributed by atoms with Gasteiger partial charge < -0.3 is 9.47 Å². The van der Waals surface area contributed by atoms with E-state index >= 15 is 0 Å². The number of halogens is 1. The zero-order valence-electron chi connectivity index (χ0n) is 11.0. The molecule has 0 atom stereocenters. The summed E-state index contributed by atoms with van der Waals surface area (Å²) in [5, 5.41) is 0. The Morgan fingerprint density at radius 3 is 2.74 bits per heavy atom. The van der Waals surface area contributed by atoms with Gasteiger partial charge in [-0.2, -0.15) is 0 Å². The topological polar surface area (TPSA) is 31.4 Å². The van der Waals surface area contributed by atoms with Crippen LogP contribution in [-0.4, -0.2) is 12.1 Å². The summed E-state index contributed by atoms with van der Waals surface area (Å²) in [6.07, 6.45) is 2.63. The molecule has 0 saturated heterocycles. The average molecular weight is 278 g/mol. The second-order valence-corrected chi connectivity index (χ2v) is 4.31. The Kier molecular flexibility index (Phi) is 4.63. The number of hydrogen-bond donors (Lipinski definition) is 0. The molecular weight excluding hydrogens is 262 g/mol. The maximum absolute atomic E-state index is 5.87. The molecule has 1 aromatic heterocycles. The monoisotopic (exact) mass is 277 g/mol. The molecule has 0 amide bonds. The number of hydrogen-bond acceptors (Lipinski definition) is 3. The molecule has 2 aromatic rings. The van der Waals surface area contributed by atoms with Crippen LogP contribution in [0.1, 0.15) is 18.1 Å². The maximum Gasteiger partial charge on any atom is 0.223 e. The summed E-state index contributed by atoms with van der Waals surface area (Å²) in [6.45, 7) is 2.10. The van der Waals surface area contributed by atoms with Crippen molar-refractivity contribution in [2.24, 2.45) is 0 Å². The summed E-state index contributed by atoms with van der Waals surface area (Å²) < 4.78 is 11.1. The van der Waals surface area contributed by atoms with Crippen molar-refractivity contribution in [2.75, 3.05) is 7.11 Å². The number of benzene rings is 1. The third-order valence-electron chi connectivity index (χ3n) is 2.84. The Morgan fingerprint density at radius 2 is 2.05 bits per heavy atom. The van der Waals surface area contributed by atoms with Crippen LogP contribution in [0.5, 0.6) is 17.4 Å². The summed E-state index contributed by atoms with van der Waals surface area (Å²) in [6, 6.07) is 9.61. The number of rotatable bonds is 5. The molecule has 0 fully saturated rings. The molecule has 0 N–H and O–H groups in total. The Bertz CT molecular complexity index is 558. The van der Waals surface area contributed by atoms with E-state index in [-0.39, 0.29) is 0 Å². The van der Waals surface area contributed by atoms with Gasteiger partial charge in [0.25, 0.3) is 0 Å². The molecule has 0 saturated carbocycles. The van der Waals surface area contributed by atoms with Crippen LogP contribution in [0.15, 0.2) is 36.5 Å². The molecule has 0 aliphatic carbocycles. The summed E-state index contributed by atoms with van der Waals surface area (Å²) in [5.41, 5.74) is 2.05.